The number of hydrogen-bond donors (Lipinski definition) is 2. The molecule has 2 N–H and O–H groups in total. The van der Waals surface area contributed by atoms with Crippen molar-refractivity contribution in [2.45, 2.75) is 22.3 Å². The summed E-state index contributed by atoms with van der Waals surface area (Å²) in [4.78, 5) is 26.4. The lowest BCUT2D eigenvalue weighted by Crippen LogP contribution is -2.31. The van der Waals surface area contributed by atoms with Gasteiger partial charge in [0, 0.05) is 26.1 Å². The molecule has 4 rings (SSSR count). The van der Waals surface area contributed by atoms with Crippen LogP contribution in [-0.4, -0.2) is 23.3 Å². The van der Waals surface area contributed by atoms with Crippen molar-refractivity contribution in [1.29, 1.82) is 0 Å². The van der Waals surface area contributed by atoms with Crippen LogP contribution >= 0.6 is 35.1 Å². The molecule has 2 amide bonds. The van der Waals surface area contributed by atoms with Crippen LogP contribution < -0.4 is 10.6 Å². The number of nitrogens with one attached hydrogen (secondary N) is 2. The number of rotatable bonds is 2. The average Bonchev–Trinajstić information content (AvgIpc) is 2.61. The molecule has 2 heterocycles. The quantitative estimate of drug-likeness (QED) is 0.800. The third-order valence-electron chi connectivity index (χ3n) is 4.19. The molecule has 0 saturated heterocycles. The van der Waals surface area contributed by atoms with Gasteiger partial charge in [-0.05, 0) is 48.4 Å². The van der Waals surface area contributed by atoms with Gasteiger partial charge in [0.15, 0.2) is 0 Å². The van der Waals surface area contributed by atoms with Crippen LogP contribution in [0.25, 0.3) is 0 Å². The number of carbonyl (C=O) groups is 2. The first-order chi connectivity index (χ1) is 12.1. The Balaban J connectivity index is 1.56. The van der Waals surface area contributed by atoms with E-state index in [0.717, 1.165) is 27.5 Å². The molecule has 0 radical (unpaired) electrons. The molecule has 1 unspecified atom stereocenters. The van der Waals surface area contributed by atoms with Gasteiger partial charge in [-0.25, -0.2) is 0 Å². The summed E-state index contributed by atoms with van der Waals surface area (Å²) in [5.41, 5.74) is 2.32. The molecule has 1 atom stereocenters. The Labute approximate surface area is 159 Å². The van der Waals surface area contributed by atoms with E-state index in [0.29, 0.717) is 22.0 Å². The van der Waals surface area contributed by atoms with Crippen molar-refractivity contribution in [3.8, 4) is 0 Å². The van der Waals surface area contributed by atoms with E-state index in [4.69, 9.17) is 11.6 Å². The van der Waals surface area contributed by atoms with Crippen molar-refractivity contribution in [2.24, 2.45) is 0 Å². The number of hydrogen-bond acceptors (Lipinski definition) is 4. The molecule has 25 heavy (non-hydrogen) atoms. The molecule has 2 aliphatic rings. The van der Waals surface area contributed by atoms with Crippen molar-refractivity contribution in [3.05, 3.63) is 52.5 Å². The standard InChI is InChI=1S/C18H15ClN2O2S2/c19-11-2-4-15-12(8-11)13(5-6-24-15)21-18(23)10-1-3-16-14(7-10)20-17(22)9-25-16/h1-4,7-8,13H,5-6,9H2,(H,20,22)(H,21,23). The monoisotopic (exact) mass is 390 g/mol. The van der Waals surface area contributed by atoms with Gasteiger partial charge in [-0.2, -0.15) is 0 Å². The zero-order chi connectivity index (χ0) is 17.4. The number of fused-ring (bicyclic) bond motifs is 2. The second-order valence-corrected chi connectivity index (χ2v) is 8.48. The van der Waals surface area contributed by atoms with Gasteiger partial charge in [0.1, 0.15) is 0 Å². The smallest absolute Gasteiger partial charge is 0.251 e. The van der Waals surface area contributed by atoms with Gasteiger partial charge < -0.3 is 10.6 Å². The fourth-order valence-electron chi connectivity index (χ4n) is 2.98. The van der Waals surface area contributed by atoms with Crippen molar-refractivity contribution in [2.75, 3.05) is 16.8 Å². The summed E-state index contributed by atoms with van der Waals surface area (Å²) >= 11 is 9.39. The molecule has 4 nitrogen and oxygen atoms in total. The highest BCUT2D eigenvalue weighted by Gasteiger charge is 2.24. The predicted molar refractivity (Wildman–Crippen MR) is 103 cm³/mol. The molecule has 0 bridgehead atoms. The minimum absolute atomic E-state index is 0.0390. The first-order valence-electron chi connectivity index (χ1n) is 7.90. The minimum Gasteiger partial charge on any atom is -0.345 e. The Hall–Kier alpha value is -1.63. The van der Waals surface area contributed by atoms with Crippen LogP contribution in [0, 0.1) is 0 Å². The Kier molecular flexibility index (Phi) is 4.67. The summed E-state index contributed by atoms with van der Waals surface area (Å²) in [6.45, 7) is 0. The van der Waals surface area contributed by atoms with Crippen LogP contribution in [0.4, 0.5) is 5.69 Å². The van der Waals surface area contributed by atoms with Crippen LogP contribution in [0.5, 0.6) is 0 Å². The molecule has 0 fully saturated rings. The molecule has 128 valence electrons. The zero-order valence-electron chi connectivity index (χ0n) is 13.2. The third-order valence-corrected chi connectivity index (χ3v) is 6.62. The van der Waals surface area contributed by atoms with E-state index in [1.54, 1.807) is 23.9 Å². The number of benzene rings is 2. The van der Waals surface area contributed by atoms with Gasteiger partial charge in [-0.1, -0.05) is 11.6 Å². The van der Waals surface area contributed by atoms with E-state index >= 15 is 0 Å². The van der Waals surface area contributed by atoms with E-state index < -0.39 is 0 Å². The van der Waals surface area contributed by atoms with Gasteiger partial charge in [0.05, 0.1) is 17.5 Å². The maximum atomic E-state index is 12.7. The number of amides is 2. The van der Waals surface area contributed by atoms with Crippen molar-refractivity contribution >= 4 is 52.6 Å². The van der Waals surface area contributed by atoms with Crippen LogP contribution in [0.2, 0.25) is 5.02 Å². The Morgan fingerprint density at radius 2 is 2.00 bits per heavy atom. The highest BCUT2D eigenvalue weighted by molar-refractivity contribution is 8.00. The van der Waals surface area contributed by atoms with E-state index in [1.165, 1.54) is 11.8 Å². The third kappa shape index (κ3) is 3.52. The molecule has 0 aromatic heterocycles. The molecule has 2 aromatic rings. The molecule has 7 heteroatoms. The van der Waals surface area contributed by atoms with E-state index in [1.807, 2.05) is 24.3 Å². The van der Waals surface area contributed by atoms with Gasteiger partial charge in [-0.3, -0.25) is 9.59 Å². The average molecular weight is 391 g/mol. The summed E-state index contributed by atoms with van der Waals surface area (Å²) in [5.74, 6) is 1.19. The summed E-state index contributed by atoms with van der Waals surface area (Å²) < 4.78 is 0. The summed E-state index contributed by atoms with van der Waals surface area (Å²) in [7, 11) is 0. The first kappa shape index (κ1) is 16.8. The Morgan fingerprint density at radius 3 is 2.88 bits per heavy atom. The lowest BCUT2D eigenvalue weighted by Gasteiger charge is -2.26. The zero-order valence-corrected chi connectivity index (χ0v) is 15.6. The molecule has 0 saturated carbocycles. The Morgan fingerprint density at radius 1 is 1.16 bits per heavy atom. The van der Waals surface area contributed by atoms with Crippen molar-refractivity contribution in [3.63, 3.8) is 0 Å². The minimum atomic E-state index is -0.143. The lowest BCUT2D eigenvalue weighted by molar-refractivity contribution is -0.113. The second-order valence-electron chi connectivity index (χ2n) is 5.89. The maximum absolute atomic E-state index is 12.7. The van der Waals surface area contributed by atoms with Gasteiger partial charge >= 0.3 is 0 Å². The molecule has 0 spiro atoms. The van der Waals surface area contributed by atoms with E-state index in [9.17, 15) is 9.59 Å². The second kappa shape index (κ2) is 6.94. The van der Waals surface area contributed by atoms with Crippen molar-refractivity contribution < 1.29 is 9.59 Å². The maximum Gasteiger partial charge on any atom is 0.251 e. The van der Waals surface area contributed by atoms with Gasteiger partial charge in [-0.15, -0.1) is 23.5 Å². The van der Waals surface area contributed by atoms with Gasteiger partial charge in [0.25, 0.3) is 5.91 Å². The molecule has 0 aliphatic carbocycles. The fourth-order valence-corrected chi connectivity index (χ4v) is 5.06. The van der Waals surface area contributed by atoms with E-state index in [2.05, 4.69) is 10.6 Å². The van der Waals surface area contributed by atoms with Crippen LogP contribution in [0.3, 0.4) is 0 Å². The fraction of sp³-hybridized carbons (Fsp3) is 0.222. The predicted octanol–water partition coefficient (Wildman–Crippen LogP) is 4.35. The SMILES string of the molecule is O=C1CSc2ccc(C(=O)NC3CCSc4ccc(Cl)cc43)cc2N1. The summed E-state index contributed by atoms with van der Waals surface area (Å²) in [5, 5.41) is 6.60. The molecular formula is C18H15ClN2O2S2. The molecular weight excluding hydrogens is 376 g/mol. The lowest BCUT2D eigenvalue weighted by atomic mass is 10.0. The molecule has 2 aromatic carbocycles. The van der Waals surface area contributed by atoms with Gasteiger partial charge in [0.2, 0.25) is 5.91 Å². The highest BCUT2D eigenvalue weighted by atomic mass is 35.5. The largest absolute Gasteiger partial charge is 0.345 e. The van der Waals surface area contributed by atoms with Crippen molar-refractivity contribution in [1.82, 2.24) is 5.32 Å². The topological polar surface area (TPSA) is 58.2 Å². The first-order valence-corrected chi connectivity index (χ1v) is 10.2. The molecule has 2 aliphatic heterocycles. The van der Waals surface area contributed by atoms with E-state index in [-0.39, 0.29) is 17.9 Å². The number of carbonyl (C=O) groups excluding carboxylic acids is 2. The van der Waals surface area contributed by atoms with Crippen LogP contribution in [-0.2, 0) is 4.79 Å². The Bertz CT molecular complexity index is 872. The summed E-state index contributed by atoms with van der Waals surface area (Å²) in [6, 6.07) is 11.2. The normalized spacial score (nSPS) is 18.8. The van der Waals surface area contributed by atoms with Crippen LogP contribution in [0.15, 0.2) is 46.2 Å². The number of halogens is 1. The van der Waals surface area contributed by atoms with Crippen LogP contribution in [0.1, 0.15) is 28.4 Å². The summed E-state index contributed by atoms with van der Waals surface area (Å²) in [6.07, 6.45) is 0.862. The highest BCUT2D eigenvalue weighted by Crippen LogP contribution is 2.38. The number of thioether (sulfide) groups is 2. The number of anilines is 1.